The fraction of sp³-hybridized carbons (Fsp3) is 0.438. The summed E-state index contributed by atoms with van der Waals surface area (Å²) >= 11 is 1.42. The number of methoxy groups -OCH3 is 1. The number of amides is 1. The van der Waals surface area contributed by atoms with E-state index in [1.54, 1.807) is 31.4 Å². The largest absolute Gasteiger partial charge is 0.497 e. The molecular formula is C16H20N4O3S. The molecule has 1 aliphatic rings. The summed E-state index contributed by atoms with van der Waals surface area (Å²) < 4.78 is 10.4. The number of morpholine rings is 1. The van der Waals surface area contributed by atoms with E-state index < -0.39 is 0 Å². The van der Waals surface area contributed by atoms with Gasteiger partial charge in [-0.1, -0.05) is 11.3 Å². The zero-order valence-electron chi connectivity index (χ0n) is 13.5. The van der Waals surface area contributed by atoms with Crippen LogP contribution in [0.15, 0.2) is 24.3 Å². The van der Waals surface area contributed by atoms with Crippen molar-refractivity contribution < 1.29 is 14.3 Å². The van der Waals surface area contributed by atoms with E-state index in [-0.39, 0.29) is 5.91 Å². The van der Waals surface area contributed by atoms with Gasteiger partial charge in [0.15, 0.2) is 0 Å². The molecule has 1 aromatic carbocycles. The monoisotopic (exact) mass is 348 g/mol. The van der Waals surface area contributed by atoms with Crippen LogP contribution in [0, 0.1) is 0 Å². The van der Waals surface area contributed by atoms with E-state index in [4.69, 9.17) is 9.47 Å². The molecule has 0 aliphatic carbocycles. The highest BCUT2D eigenvalue weighted by Crippen LogP contribution is 2.18. The third kappa shape index (κ3) is 4.50. The number of carbonyl (C=O) groups excluding carboxylic acids is 1. The number of hydrogen-bond donors (Lipinski definition) is 1. The number of ether oxygens (including phenoxy) is 2. The normalized spacial score (nSPS) is 15.2. The molecule has 1 aromatic heterocycles. The lowest BCUT2D eigenvalue weighted by Crippen LogP contribution is -2.37. The molecule has 2 aromatic rings. The van der Waals surface area contributed by atoms with Crippen molar-refractivity contribution in [1.82, 2.24) is 15.1 Å². The van der Waals surface area contributed by atoms with E-state index in [0.717, 1.165) is 44.3 Å². The Kier molecular flexibility index (Phi) is 5.73. The molecule has 0 atom stereocenters. The number of nitrogens with one attached hydrogen (secondary N) is 1. The standard InChI is InChI=1S/C16H20N4O3S/c1-22-13-4-2-12(3-5-13)15(21)17-16-19-18-14(24-16)6-7-20-8-10-23-11-9-20/h2-5H,6-11H2,1H3,(H,17,19,21). The molecule has 1 fully saturated rings. The van der Waals surface area contributed by atoms with Gasteiger partial charge in [0.1, 0.15) is 10.8 Å². The van der Waals surface area contributed by atoms with E-state index in [9.17, 15) is 4.79 Å². The summed E-state index contributed by atoms with van der Waals surface area (Å²) in [5, 5.41) is 12.4. The lowest BCUT2D eigenvalue weighted by atomic mass is 10.2. The predicted molar refractivity (Wildman–Crippen MR) is 91.8 cm³/mol. The number of aromatic nitrogens is 2. The molecule has 0 spiro atoms. The fourth-order valence-corrected chi connectivity index (χ4v) is 3.12. The highest BCUT2D eigenvalue weighted by Gasteiger charge is 2.13. The molecule has 24 heavy (non-hydrogen) atoms. The lowest BCUT2D eigenvalue weighted by molar-refractivity contribution is 0.0384. The molecule has 2 heterocycles. The second-order valence-corrected chi connectivity index (χ2v) is 6.45. The van der Waals surface area contributed by atoms with Gasteiger partial charge in [-0.05, 0) is 24.3 Å². The topological polar surface area (TPSA) is 76.6 Å². The zero-order chi connectivity index (χ0) is 16.8. The Balaban J connectivity index is 1.51. The van der Waals surface area contributed by atoms with Gasteiger partial charge < -0.3 is 9.47 Å². The molecule has 7 nitrogen and oxygen atoms in total. The van der Waals surface area contributed by atoms with Crippen LogP contribution in [0.5, 0.6) is 5.75 Å². The smallest absolute Gasteiger partial charge is 0.257 e. The van der Waals surface area contributed by atoms with Crippen LogP contribution >= 0.6 is 11.3 Å². The number of rotatable bonds is 6. The lowest BCUT2D eigenvalue weighted by Gasteiger charge is -2.25. The summed E-state index contributed by atoms with van der Waals surface area (Å²) in [5.41, 5.74) is 0.556. The quantitative estimate of drug-likeness (QED) is 0.856. The van der Waals surface area contributed by atoms with Crippen molar-refractivity contribution in [3.8, 4) is 5.75 Å². The third-order valence-corrected chi connectivity index (χ3v) is 4.68. The molecule has 1 aliphatic heterocycles. The molecule has 1 amide bonds. The fourth-order valence-electron chi connectivity index (χ4n) is 2.40. The van der Waals surface area contributed by atoms with Crippen molar-refractivity contribution in [2.75, 3.05) is 45.3 Å². The van der Waals surface area contributed by atoms with Crippen LogP contribution in [-0.2, 0) is 11.2 Å². The summed E-state index contributed by atoms with van der Waals surface area (Å²) in [4.78, 5) is 14.5. The maximum atomic E-state index is 12.2. The summed E-state index contributed by atoms with van der Waals surface area (Å²) in [6.45, 7) is 4.43. The van der Waals surface area contributed by atoms with Crippen molar-refractivity contribution in [3.05, 3.63) is 34.8 Å². The van der Waals surface area contributed by atoms with Gasteiger partial charge >= 0.3 is 0 Å². The molecule has 128 valence electrons. The van der Waals surface area contributed by atoms with E-state index >= 15 is 0 Å². The number of carbonyl (C=O) groups is 1. The van der Waals surface area contributed by atoms with Crippen molar-refractivity contribution >= 4 is 22.4 Å². The van der Waals surface area contributed by atoms with Crippen molar-refractivity contribution in [2.45, 2.75) is 6.42 Å². The molecule has 1 saturated heterocycles. The highest BCUT2D eigenvalue weighted by atomic mass is 32.1. The van der Waals surface area contributed by atoms with E-state index in [2.05, 4.69) is 20.4 Å². The molecule has 0 unspecified atom stereocenters. The Labute approximate surface area is 144 Å². The van der Waals surface area contributed by atoms with Crippen molar-refractivity contribution in [1.29, 1.82) is 0 Å². The minimum atomic E-state index is -0.200. The van der Waals surface area contributed by atoms with Gasteiger partial charge in [-0.25, -0.2) is 0 Å². The molecule has 0 radical (unpaired) electrons. The van der Waals surface area contributed by atoms with Gasteiger partial charge in [-0.15, -0.1) is 10.2 Å². The van der Waals surface area contributed by atoms with Crippen LogP contribution in [0.2, 0.25) is 0 Å². The second kappa shape index (κ2) is 8.18. The average molecular weight is 348 g/mol. The number of benzene rings is 1. The molecule has 0 bridgehead atoms. The Hall–Kier alpha value is -2.03. The van der Waals surface area contributed by atoms with Crippen LogP contribution in [0.3, 0.4) is 0 Å². The summed E-state index contributed by atoms with van der Waals surface area (Å²) in [6, 6.07) is 6.94. The molecule has 8 heteroatoms. The van der Waals surface area contributed by atoms with Gasteiger partial charge in [0.25, 0.3) is 5.91 Å². The first kappa shape index (κ1) is 16.8. The van der Waals surface area contributed by atoms with Crippen LogP contribution in [0.25, 0.3) is 0 Å². The average Bonchev–Trinajstić information content (AvgIpc) is 3.08. The maximum Gasteiger partial charge on any atom is 0.257 e. The van der Waals surface area contributed by atoms with Gasteiger partial charge in [-0.3, -0.25) is 15.0 Å². The maximum absolute atomic E-state index is 12.2. The Morgan fingerprint density at radius 3 is 2.75 bits per heavy atom. The van der Waals surface area contributed by atoms with Crippen LogP contribution < -0.4 is 10.1 Å². The third-order valence-electron chi connectivity index (χ3n) is 3.79. The Morgan fingerprint density at radius 2 is 2.04 bits per heavy atom. The van der Waals surface area contributed by atoms with Crippen molar-refractivity contribution in [3.63, 3.8) is 0 Å². The molecule has 0 saturated carbocycles. The van der Waals surface area contributed by atoms with Crippen molar-refractivity contribution in [2.24, 2.45) is 0 Å². The predicted octanol–water partition coefficient (Wildman–Crippen LogP) is 1.67. The Bertz CT molecular complexity index is 668. The van der Waals surface area contributed by atoms with Gasteiger partial charge in [0.05, 0.1) is 20.3 Å². The number of anilines is 1. The van der Waals surface area contributed by atoms with Gasteiger partial charge in [-0.2, -0.15) is 0 Å². The van der Waals surface area contributed by atoms with Gasteiger partial charge in [0, 0.05) is 31.6 Å². The second-order valence-electron chi connectivity index (χ2n) is 5.39. The number of hydrogen-bond acceptors (Lipinski definition) is 7. The highest BCUT2D eigenvalue weighted by molar-refractivity contribution is 7.15. The SMILES string of the molecule is COc1ccc(C(=O)Nc2nnc(CCN3CCOCC3)s2)cc1. The molecular weight excluding hydrogens is 328 g/mol. The first-order chi connectivity index (χ1) is 11.7. The minimum Gasteiger partial charge on any atom is -0.497 e. The summed E-state index contributed by atoms with van der Waals surface area (Å²) in [5.74, 6) is 0.515. The summed E-state index contributed by atoms with van der Waals surface area (Å²) in [7, 11) is 1.59. The first-order valence-electron chi connectivity index (χ1n) is 7.82. The van der Waals surface area contributed by atoms with Gasteiger partial charge in [0.2, 0.25) is 5.13 Å². The van der Waals surface area contributed by atoms with Crippen LogP contribution in [-0.4, -0.2) is 61.0 Å². The van der Waals surface area contributed by atoms with Crippen LogP contribution in [0.4, 0.5) is 5.13 Å². The molecule has 3 rings (SSSR count). The minimum absolute atomic E-state index is 0.200. The first-order valence-corrected chi connectivity index (χ1v) is 8.64. The van der Waals surface area contributed by atoms with E-state index in [0.29, 0.717) is 16.4 Å². The van der Waals surface area contributed by atoms with E-state index in [1.807, 2.05) is 0 Å². The number of nitrogens with zero attached hydrogens (tertiary/aromatic N) is 3. The summed E-state index contributed by atoms with van der Waals surface area (Å²) in [6.07, 6.45) is 0.829. The van der Waals surface area contributed by atoms with E-state index in [1.165, 1.54) is 11.3 Å². The molecule has 1 N–H and O–H groups in total. The zero-order valence-corrected chi connectivity index (χ0v) is 14.3. The van der Waals surface area contributed by atoms with Crippen LogP contribution in [0.1, 0.15) is 15.4 Å². The Morgan fingerprint density at radius 1 is 1.29 bits per heavy atom.